The van der Waals surface area contributed by atoms with E-state index in [1.54, 1.807) is 13.8 Å². The molecule has 0 radical (unpaired) electrons. The van der Waals surface area contributed by atoms with E-state index in [1.807, 2.05) is 4.72 Å². The summed E-state index contributed by atoms with van der Waals surface area (Å²) in [4.78, 5) is -1.10. The summed E-state index contributed by atoms with van der Waals surface area (Å²) in [5, 5.41) is 0. The van der Waals surface area contributed by atoms with E-state index in [9.17, 15) is 34.8 Å². The van der Waals surface area contributed by atoms with Gasteiger partial charge in [0, 0.05) is 13.2 Å². The second kappa shape index (κ2) is 7.92. The van der Waals surface area contributed by atoms with Crippen LogP contribution in [0.1, 0.15) is 31.4 Å². The quantitative estimate of drug-likeness (QED) is 0.566. The molecule has 0 aliphatic heterocycles. The normalized spacial score (nSPS) is 13.5. The number of rotatable bonds is 7. The van der Waals surface area contributed by atoms with Crippen LogP contribution in [0.15, 0.2) is 23.1 Å². The van der Waals surface area contributed by atoms with Gasteiger partial charge in [0.15, 0.2) is 0 Å². The highest BCUT2D eigenvalue weighted by Crippen LogP contribution is 2.37. The minimum absolute atomic E-state index is 0.0885. The van der Waals surface area contributed by atoms with Gasteiger partial charge < -0.3 is 4.74 Å². The highest BCUT2D eigenvalue weighted by molar-refractivity contribution is 7.89. The fourth-order valence-corrected chi connectivity index (χ4v) is 2.91. The van der Waals surface area contributed by atoms with Gasteiger partial charge in [-0.3, -0.25) is 0 Å². The number of ether oxygens (including phenoxy) is 1. The van der Waals surface area contributed by atoms with E-state index in [0.717, 1.165) is 0 Å². The van der Waals surface area contributed by atoms with E-state index >= 15 is 0 Å². The van der Waals surface area contributed by atoms with Crippen molar-refractivity contribution in [3.8, 4) is 0 Å². The van der Waals surface area contributed by atoms with Crippen LogP contribution in [0.3, 0.4) is 0 Å². The Labute approximate surface area is 141 Å². The van der Waals surface area contributed by atoms with Crippen molar-refractivity contribution >= 4 is 10.0 Å². The molecular weight excluding hydrogens is 376 g/mol. The number of benzene rings is 1. The van der Waals surface area contributed by atoms with Crippen LogP contribution in [0.2, 0.25) is 0 Å². The minimum Gasteiger partial charge on any atom is -0.379 e. The third-order valence-corrected chi connectivity index (χ3v) is 4.38. The van der Waals surface area contributed by atoms with E-state index in [2.05, 4.69) is 0 Å². The topological polar surface area (TPSA) is 55.4 Å². The first-order valence-corrected chi connectivity index (χ1v) is 8.62. The Balaban J connectivity index is 3.05. The van der Waals surface area contributed by atoms with E-state index in [0.29, 0.717) is 0 Å². The molecule has 0 fully saturated rings. The molecule has 0 atom stereocenters. The summed E-state index contributed by atoms with van der Waals surface area (Å²) in [5.41, 5.74) is -3.38. The van der Waals surface area contributed by atoms with Crippen molar-refractivity contribution in [2.75, 3.05) is 13.2 Å². The molecule has 1 aromatic rings. The molecule has 144 valence electrons. The predicted molar refractivity (Wildman–Crippen MR) is 77.3 cm³/mol. The Morgan fingerprint density at radius 1 is 1.00 bits per heavy atom. The molecule has 0 aliphatic rings. The summed E-state index contributed by atoms with van der Waals surface area (Å²) in [7, 11) is -4.53. The van der Waals surface area contributed by atoms with Gasteiger partial charge in [-0.1, -0.05) is 0 Å². The molecule has 0 saturated heterocycles. The summed E-state index contributed by atoms with van der Waals surface area (Å²) in [6.07, 6.45) is -10.1. The minimum atomic E-state index is -5.11. The van der Waals surface area contributed by atoms with Crippen LogP contribution in [-0.2, 0) is 27.1 Å². The highest BCUT2D eigenvalue weighted by Gasteiger charge is 2.38. The lowest BCUT2D eigenvalue weighted by atomic mass is 10.1. The third kappa shape index (κ3) is 6.83. The average molecular weight is 393 g/mol. The molecule has 1 aromatic carbocycles. The van der Waals surface area contributed by atoms with Gasteiger partial charge in [0.1, 0.15) is 0 Å². The maximum atomic E-state index is 12.8. The van der Waals surface area contributed by atoms with Crippen molar-refractivity contribution in [1.29, 1.82) is 0 Å². The lowest BCUT2D eigenvalue weighted by Gasteiger charge is -2.15. The molecule has 0 spiro atoms. The summed E-state index contributed by atoms with van der Waals surface area (Å²) >= 11 is 0. The molecule has 0 unspecified atom stereocenters. The molecule has 1 rings (SSSR count). The summed E-state index contributed by atoms with van der Waals surface area (Å²) < 4.78 is 108. The van der Waals surface area contributed by atoms with Gasteiger partial charge >= 0.3 is 12.4 Å². The van der Waals surface area contributed by atoms with Crippen molar-refractivity contribution in [3.05, 3.63) is 29.3 Å². The Hall–Kier alpha value is -1.33. The summed E-state index contributed by atoms with van der Waals surface area (Å²) in [5.74, 6) is 0. The van der Waals surface area contributed by atoms with Crippen molar-refractivity contribution in [2.24, 2.45) is 0 Å². The first-order valence-electron chi connectivity index (χ1n) is 7.14. The lowest BCUT2D eigenvalue weighted by Crippen LogP contribution is -2.26. The molecule has 4 nitrogen and oxygen atoms in total. The highest BCUT2D eigenvalue weighted by atomic mass is 32.2. The maximum Gasteiger partial charge on any atom is 0.416 e. The molecule has 0 heterocycles. The van der Waals surface area contributed by atoms with Gasteiger partial charge in [-0.05, 0) is 38.5 Å². The zero-order chi connectivity index (χ0) is 19.5. The predicted octanol–water partition coefficient (Wildman–Crippen LogP) is 3.82. The number of nitrogens with one attached hydrogen (secondary N) is 1. The van der Waals surface area contributed by atoms with Gasteiger partial charge in [0.2, 0.25) is 10.0 Å². The van der Waals surface area contributed by atoms with E-state index in [1.165, 1.54) is 0 Å². The third-order valence-electron chi connectivity index (χ3n) is 2.94. The van der Waals surface area contributed by atoms with Crippen LogP contribution in [0.25, 0.3) is 0 Å². The van der Waals surface area contributed by atoms with Crippen molar-refractivity contribution in [2.45, 2.75) is 43.6 Å². The monoisotopic (exact) mass is 393 g/mol. The Morgan fingerprint density at radius 3 is 1.88 bits per heavy atom. The van der Waals surface area contributed by atoms with Gasteiger partial charge in [-0.2, -0.15) is 26.3 Å². The molecule has 0 bridgehead atoms. The average Bonchev–Trinajstić information content (AvgIpc) is 2.44. The zero-order valence-corrected chi connectivity index (χ0v) is 14.1. The maximum absolute atomic E-state index is 12.8. The number of hydrogen-bond donors (Lipinski definition) is 1. The largest absolute Gasteiger partial charge is 0.416 e. The van der Waals surface area contributed by atoms with Gasteiger partial charge in [0.25, 0.3) is 0 Å². The van der Waals surface area contributed by atoms with Crippen LogP contribution < -0.4 is 4.72 Å². The second-order valence-electron chi connectivity index (χ2n) is 5.41. The number of sulfonamides is 1. The fraction of sp³-hybridized carbons (Fsp3) is 0.571. The number of hydrogen-bond acceptors (Lipinski definition) is 3. The first-order chi connectivity index (χ1) is 11.2. The molecule has 0 saturated carbocycles. The van der Waals surface area contributed by atoms with Gasteiger partial charge in [-0.25, -0.2) is 13.1 Å². The SMILES string of the molecule is CC(C)OCCCNS(=O)(=O)c1cc(C(F)(F)F)cc(C(F)(F)F)c1. The van der Waals surface area contributed by atoms with Crippen molar-refractivity contribution in [3.63, 3.8) is 0 Å². The fourth-order valence-electron chi connectivity index (χ4n) is 1.76. The zero-order valence-electron chi connectivity index (χ0n) is 13.3. The molecule has 1 N–H and O–H groups in total. The number of alkyl halides is 6. The Kier molecular flexibility index (Phi) is 6.88. The van der Waals surface area contributed by atoms with Crippen LogP contribution in [0.4, 0.5) is 26.3 Å². The van der Waals surface area contributed by atoms with E-state index < -0.39 is 38.4 Å². The molecule has 0 aliphatic carbocycles. The Morgan fingerprint density at radius 2 is 1.48 bits per heavy atom. The summed E-state index contributed by atoms with van der Waals surface area (Å²) in [6, 6.07) is 0.208. The molecular formula is C14H17F6NO3S. The van der Waals surface area contributed by atoms with E-state index in [4.69, 9.17) is 4.74 Å². The molecule has 0 amide bonds. The van der Waals surface area contributed by atoms with Crippen LogP contribution >= 0.6 is 0 Å². The van der Waals surface area contributed by atoms with Gasteiger partial charge in [0.05, 0.1) is 22.1 Å². The molecule has 11 heteroatoms. The smallest absolute Gasteiger partial charge is 0.379 e. The van der Waals surface area contributed by atoms with Crippen molar-refractivity contribution in [1.82, 2.24) is 4.72 Å². The second-order valence-corrected chi connectivity index (χ2v) is 7.18. The lowest BCUT2D eigenvalue weighted by molar-refractivity contribution is -0.143. The van der Waals surface area contributed by atoms with Crippen molar-refractivity contribution < 1.29 is 39.5 Å². The standard InChI is InChI=1S/C14H17F6NO3S/c1-9(2)24-5-3-4-21-25(22,23)12-7-10(13(15,16)17)6-11(8-12)14(18,19)20/h6-9,21H,3-5H2,1-2H3. The molecule has 25 heavy (non-hydrogen) atoms. The Bertz CT molecular complexity index is 651. The summed E-state index contributed by atoms with van der Waals surface area (Å²) in [6.45, 7) is 3.51. The van der Waals surface area contributed by atoms with E-state index in [-0.39, 0.29) is 43.9 Å². The van der Waals surface area contributed by atoms with Crippen LogP contribution in [-0.4, -0.2) is 27.7 Å². The van der Waals surface area contributed by atoms with Gasteiger partial charge in [-0.15, -0.1) is 0 Å². The van der Waals surface area contributed by atoms with Crippen LogP contribution in [0, 0.1) is 0 Å². The molecule has 0 aromatic heterocycles. The number of halogens is 6. The first kappa shape index (κ1) is 21.7. The van der Waals surface area contributed by atoms with Crippen LogP contribution in [0.5, 0.6) is 0 Å².